The van der Waals surface area contributed by atoms with Gasteiger partial charge in [-0.05, 0) is 25.0 Å². The first kappa shape index (κ1) is 12.0. The van der Waals surface area contributed by atoms with E-state index in [1.807, 2.05) is 18.2 Å². The second-order valence-electron chi connectivity index (χ2n) is 4.87. The highest BCUT2D eigenvalue weighted by atomic mass is 15.4. The summed E-state index contributed by atoms with van der Waals surface area (Å²) >= 11 is 0. The Bertz CT molecular complexity index is 529. The van der Waals surface area contributed by atoms with Crippen LogP contribution in [0.15, 0.2) is 24.4 Å². The predicted octanol–water partition coefficient (Wildman–Crippen LogP) is 1.99. The Kier molecular flexibility index (Phi) is 3.31. The molecule has 19 heavy (non-hydrogen) atoms. The zero-order valence-corrected chi connectivity index (χ0v) is 10.8. The minimum Gasteiger partial charge on any atom is -0.368 e. The Morgan fingerprint density at radius 3 is 2.79 bits per heavy atom. The highest BCUT2D eigenvalue weighted by Crippen LogP contribution is 2.21. The van der Waals surface area contributed by atoms with Gasteiger partial charge in [-0.15, -0.1) is 5.10 Å². The van der Waals surface area contributed by atoms with Crippen molar-refractivity contribution in [1.29, 1.82) is 0 Å². The number of pyridine rings is 1. The van der Waals surface area contributed by atoms with Gasteiger partial charge in [0.2, 0.25) is 11.9 Å². The summed E-state index contributed by atoms with van der Waals surface area (Å²) in [7, 11) is 0. The molecule has 2 aromatic rings. The van der Waals surface area contributed by atoms with Crippen LogP contribution in [0.5, 0.6) is 0 Å². The first-order valence-corrected chi connectivity index (χ1v) is 6.73. The van der Waals surface area contributed by atoms with E-state index in [-0.39, 0.29) is 0 Å². The van der Waals surface area contributed by atoms with Gasteiger partial charge in [-0.2, -0.15) is 9.67 Å². The van der Waals surface area contributed by atoms with E-state index in [0.29, 0.717) is 23.8 Å². The number of nitrogens with two attached hydrogens (primary N) is 1. The van der Waals surface area contributed by atoms with Gasteiger partial charge in [0, 0.05) is 12.2 Å². The lowest BCUT2D eigenvalue weighted by molar-refractivity contribution is 0.461. The number of rotatable bonds is 3. The SMILES string of the molecule is Nc1nc(NC2CCCCC2)nn1-c1ccccn1. The molecule has 0 radical (unpaired) electrons. The molecule has 1 saturated carbocycles. The van der Waals surface area contributed by atoms with Crippen LogP contribution in [0.2, 0.25) is 0 Å². The molecule has 100 valence electrons. The predicted molar refractivity (Wildman–Crippen MR) is 74.1 cm³/mol. The number of hydrogen-bond donors (Lipinski definition) is 2. The van der Waals surface area contributed by atoms with Crippen molar-refractivity contribution in [1.82, 2.24) is 19.7 Å². The van der Waals surface area contributed by atoms with E-state index in [1.54, 1.807) is 10.9 Å². The Hall–Kier alpha value is -2.11. The maximum Gasteiger partial charge on any atom is 0.244 e. The van der Waals surface area contributed by atoms with E-state index in [4.69, 9.17) is 5.73 Å². The van der Waals surface area contributed by atoms with Crippen molar-refractivity contribution in [3.05, 3.63) is 24.4 Å². The fourth-order valence-corrected chi connectivity index (χ4v) is 2.46. The van der Waals surface area contributed by atoms with Gasteiger partial charge in [0.1, 0.15) is 0 Å². The van der Waals surface area contributed by atoms with Crippen LogP contribution in [0, 0.1) is 0 Å². The van der Waals surface area contributed by atoms with Crippen molar-refractivity contribution in [2.24, 2.45) is 0 Å². The lowest BCUT2D eigenvalue weighted by Crippen LogP contribution is -2.23. The van der Waals surface area contributed by atoms with Crippen molar-refractivity contribution in [2.75, 3.05) is 11.1 Å². The van der Waals surface area contributed by atoms with E-state index >= 15 is 0 Å². The minimum absolute atomic E-state index is 0.358. The summed E-state index contributed by atoms with van der Waals surface area (Å²) in [6.07, 6.45) is 7.94. The molecular formula is C13H18N6. The van der Waals surface area contributed by atoms with Crippen molar-refractivity contribution in [3.8, 4) is 5.82 Å². The highest BCUT2D eigenvalue weighted by molar-refractivity contribution is 5.38. The standard InChI is InChI=1S/C13H18N6/c14-12-17-13(16-10-6-2-1-3-7-10)18-19(12)11-8-4-5-9-15-11/h4-5,8-10H,1-3,6-7H2,(H3,14,16,17,18). The fraction of sp³-hybridized carbons (Fsp3) is 0.462. The van der Waals surface area contributed by atoms with Gasteiger partial charge < -0.3 is 11.1 Å². The number of anilines is 2. The summed E-state index contributed by atoms with van der Waals surface area (Å²) in [5.74, 6) is 1.64. The van der Waals surface area contributed by atoms with E-state index in [0.717, 1.165) is 0 Å². The summed E-state index contributed by atoms with van der Waals surface area (Å²) in [6.45, 7) is 0. The summed E-state index contributed by atoms with van der Waals surface area (Å²) < 4.78 is 1.56. The molecule has 0 amide bonds. The summed E-state index contributed by atoms with van der Waals surface area (Å²) in [6, 6.07) is 6.08. The summed E-state index contributed by atoms with van der Waals surface area (Å²) in [5, 5.41) is 7.74. The lowest BCUT2D eigenvalue weighted by Gasteiger charge is -2.21. The molecule has 3 rings (SSSR count). The molecule has 0 bridgehead atoms. The monoisotopic (exact) mass is 258 g/mol. The van der Waals surface area contributed by atoms with Crippen LogP contribution in [-0.4, -0.2) is 25.8 Å². The first-order valence-electron chi connectivity index (χ1n) is 6.73. The van der Waals surface area contributed by atoms with E-state index in [1.165, 1.54) is 32.1 Å². The molecule has 1 aliphatic carbocycles. The molecule has 0 spiro atoms. The Balaban J connectivity index is 1.77. The zero-order valence-electron chi connectivity index (χ0n) is 10.8. The van der Waals surface area contributed by atoms with Gasteiger partial charge in [-0.25, -0.2) is 4.98 Å². The maximum atomic E-state index is 5.89. The highest BCUT2D eigenvalue weighted by Gasteiger charge is 2.16. The third-order valence-corrected chi connectivity index (χ3v) is 3.44. The number of nitrogen functional groups attached to an aromatic ring is 1. The van der Waals surface area contributed by atoms with Crippen LogP contribution in [0.3, 0.4) is 0 Å². The molecule has 2 aromatic heterocycles. The van der Waals surface area contributed by atoms with E-state index in [9.17, 15) is 0 Å². The number of nitrogens with zero attached hydrogens (tertiary/aromatic N) is 4. The molecule has 6 nitrogen and oxygen atoms in total. The van der Waals surface area contributed by atoms with Gasteiger partial charge in [0.15, 0.2) is 5.82 Å². The topological polar surface area (TPSA) is 81.6 Å². The molecule has 0 atom stereocenters. The van der Waals surface area contributed by atoms with Crippen molar-refractivity contribution < 1.29 is 0 Å². The summed E-state index contributed by atoms with van der Waals surface area (Å²) in [4.78, 5) is 8.48. The van der Waals surface area contributed by atoms with Gasteiger partial charge in [-0.3, -0.25) is 0 Å². The van der Waals surface area contributed by atoms with E-state index in [2.05, 4.69) is 20.4 Å². The molecule has 0 aliphatic heterocycles. The number of aromatic nitrogens is 4. The molecule has 1 aliphatic rings. The lowest BCUT2D eigenvalue weighted by atomic mass is 9.96. The van der Waals surface area contributed by atoms with Crippen molar-refractivity contribution in [3.63, 3.8) is 0 Å². The largest absolute Gasteiger partial charge is 0.368 e. The van der Waals surface area contributed by atoms with Gasteiger partial charge in [0.25, 0.3) is 0 Å². The van der Waals surface area contributed by atoms with Crippen molar-refractivity contribution in [2.45, 2.75) is 38.1 Å². The zero-order chi connectivity index (χ0) is 13.1. The average Bonchev–Trinajstić information content (AvgIpc) is 2.82. The minimum atomic E-state index is 0.358. The average molecular weight is 258 g/mol. The van der Waals surface area contributed by atoms with Gasteiger partial charge >= 0.3 is 0 Å². The number of hydrogen-bond acceptors (Lipinski definition) is 5. The van der Waals surface area contributed by atoms with Crippen LogP contribution in [0.25, 0.3) is 5.82 Å². The van der Waals surface area contributed by atoms with E-state index < -0.39 is 0 Å². The van der Waals surface area contributed by atoms with Gasteiger partial charge in [-0.1, -0.05) is 25.3 Å². The molecule has 2 heterocycles. The molecule has 0 aromatic carbocycles. The molecule has 3 N–H and O–H groups in total. The third-order valence-electron chi connectivity index (χ3n) is 3.44. The molecule has 0 unspecified atom stereocenters. The second kappa shape index (κ2) is 5.26. The summed E-state index contributed by atoms with van der Waals surface area (Å²) in [5.41, 5.74) is 5.89. The normalized spacial score (nSPS) is 16.4. The molecule has 1 fully saturated rings. The number of nitrogens with one attached hydrogen (secondary N) is 1. The molecule has 6 heteroatoms. The third kappa shape index (κ3) is 2.67. The Morgan fingerprint density at radius 2 is 2.05 bits per heavy atom. The fourth-order valence-electron chi connectivity index (χ4n) is 2.46. The maximum absolute atomic E-state index is 5.89. The smallest absolute Gasteiger partial charge is 0.244 e. The van der Waals surface area contributed by atoms with Crippen LogP contribution < -0.4 is 11.1 Å². The van der Waals surface area contributed by atoms with Gasteiger partial charge in [0.05, 0.1) is 0 Å². The van der Waals surface area contributed by atoms with Crippen LogP contribution in [0.4, 0.5) is 11.9 Å². The van der Waals surface area contributed by atoms with Crippen LogP contribution in [0.1, 0.15) is 32.1 Å². The van der Waals surface area contributed by atoms with Crippen LogP contribution >= 0.6 is 0 Å². The quantitative estimate of drug-likeness (QED) is 0.879. The molecule has 0 saturated heterocycles. The van der Waals surface area contributed by atoms with Crippen molar-refractivity contribution >= 4 is 11.9 Å². The van der Waals surface area contributed by atoms with Crippen LogP contribution in [-0.2, 0) is 0 Å². The second-order valence-corrected chi connectivity index (χ2v) is 4.87. The first-order chi connectivity index (χ1) is 9.33. The Morgan fingerprint density at radius 1 is 1.21 bits per heavy atom. The Labute approximate surface area is 112 Å². The molecular weight excluding hydrogens is 240 g/mol.